The van der Waals surface area contributed by atoms with Gasteiger partial charge in [0, 0.05) is 31.6 Å². The van der Waals surface area contributed by atoms with Crippen LogP contribution in [0.2, 0.25) is 0 Å². The number of alkyl halides is 2. The molecule has 9 heteroatoms. The molecule has 0 atom stereocenters. The van der Waals surface area contributed by atoms with E-state index in [1.807, 2.05) is 31.3 Å². The SMILES string of the molecule is CCNC(=NCc1ccccc1OC(F)F)NCc1csc(N(C)C)n1. The lowest BCUT2D eigenvalue weighted by Crippen LogP contribution is -2.36. The number of halogens is 2. The van der Waals surface area contributed by atoms with E-state index in [9.17, 15) is 8.78 Å². The van der Waals surface area contributed by atoms with Crippen LogP contribution in [0.25, 0.3) is 0 Å². The molecule has 1 heterocycles. The molecule has 6 nitrogen and oxygen atoms in total. The highest BCUT2D eigenvalue weighted by atomic mass is 32.1. The summed E-state index contributed by atoms with van der Waals surface area (Å²) in [6.07, 6.45) is 0. The van der Waals surface area contributed by atoms with Crippen molar-refractivity contribution in [2.45, 2.75) is 26.6 Å². The number of aliphatic imine (C=N–C) groups is 1. The van der Waals surface area contributed by atoms with Crippen molar-refractivity contribution < 1.29 is 13.5 Å². The Labute approximate surface area is 155 Å². The summed E-state index contributed by atoms with van der Waals surface area (Å²) in [6, 6.07) is 6.64. The maximum atomic E-state index is 12.5. The normalized spacial score (nSPS) is 11.5. The van der Waals surface area contributed by atoms with Crippen LogP contribution in [0, 0.1) is 0 Å². The Hall–Kier alpha value is -2.42. The van der Waals surface area contributed by atoms with Gasteiger partial charge in [0.2, 0.25) is 0 Å². The minimum Gasteiger partial charge on any atom is -0.434 e. The summed E-state index contributed by atoms with van der Waals surface area (Å²) < 4.78 is 29.5. The second kappa shape index (κ2) is 9.91. The predicted molar refractivity (Wildman–Crippen MR) is 101 cm³/mol. The van der Waals surface area contributed by atoms with Crippen LogP contribution in [-0.4, -0.2) is 38.2 Å². The van der Waals surface area contributed by atoms with Crippen LogP contribution in [0.15, 0.2) is 34.6 Å². The van der Waals surface area contributed by atoms with Gasteiger partial charge in [-0.2, -0.15) is 8.78 Å². The summed E-state index contributed by atoms with van der Waals surface area (Å²) in [5, 5.41) is 9.24. The Morgan fingerprint density at radius 3 is 2.73 bits per heavy atom. The van der Waals surface area contributed by atoms with Gasteiger partial charge < -0.3 is 20.3 Å². The fourth-order valence-corrected chi connectivity index (χ4v) is 2.87. The number of aromatic nitrogens is 1. The summed E-state index contributed by atoms with van der Waals surface area (Å²) in [7, 11) is 3.89. The van der Waals surface area contributed by atoms with Crippen molar-refractivity contribution in [3.8, 4) is 5.75 Å². The number of hydrogen-bond donors (Lipinski definition) is 2. The number of para-hydroxylation sites is 1. The number of hydrogen-bond acceptors (Lipinski definition) is 5. The molecule has 0 fully saturated rings. The molecule has 2 N–H and O–H groups in total. The van der Waals surface area contributed by atoms with E-state index in [0.717, 1.165) is 10.8 Å². The van der Waals surface area contributed by atoms with Crippen molar-refractivity contribution in [2.75, 3.05) is 25.5 Å². The van der Waals surface area contributed by atoms with Crippen molar-refractivity contribution in [3.05, 3.63) is 40.9 Å². The average Bonchev–Trinajstić information content (AvgIpc) is 3.07. The Morgan fingerprint density at radius 2 is 2.08 bits per heavy atom. The van der Waals surface area contributed by atoms with Gasteiger partial charge in [-0.05, 0) is 13.0 Å². The monoisotopic (exact) mass is 383 g/mol. The van der Waals surface area contributed by atoms with Gasteiger partial charge >= 0.3 is 6.61 Å². The number of thiazole rings is 1. The second-order valence-electron chi connectivity index (χ2n) is 5.55. The Morgan fingerprint density at radius 1 is 1.31 bits per heavy atom. The van der Waals surface area contributed by atoms with Crippen molar-refractivity contribution in [1.82, 2.24) is 15.6 Å². The fraction of sp³-hybridized carbons (Fsp3) is 0.412. The molecule has 1 aromatic heterocycles. The molecule has 0 aliphatic carbocycles. The first-order chi connectivity index (χ1) is 12.5. The zero-order valence-electron chi connectivity index (χ0n) is 15.0. The van der Waals surface area contributed by atoms with Gasteiger partial charge in [-0.3, -0.25) is 0 Å². The van der Waals surface area contributed by atoms with E-state index < -0.39 is 6.61 Å². The van der Waals surface area contributed by atoms with Gasteiger partial charge in [0.1, 0.15) is 5.75 Å². The van der Waals surface area contributed by atoms with Crippen LogP contribution in [-0.2, 0) is 13.1 Å². The molecule has 0 saturated heterocycles. The predicted octanol–water partition coefficient (Wildman–Crippen LogP) is 3.07. The zero-order chi connectivity index (χ0) is 18.9. The summed E-state index contributed by atoms with van der Waals surface area (Å²) in [5.74, 6) is 0.718. The van der Waals surface area contributed by atoms with Gasteiger partial charge in [0.15, 0.2) is 11.1 Å². The zero-order valence-corrected chi connectivity index (χ0v) is 15.8. The van der Waals surface area contributed by atoms with Gasteiger partial charge in [0.25, 0.3) is 0 Å². The van der Waals surface area contributed by atoms with Crippen LogP contribution in [0.4, 0.5) is 13.9 Å². The number of anilines is 1. The molecule has 26 heavy (non-hydrogen) atoms. The highest BCUT2D eigenvalue weighted by molar-refractivity contribution is 7.13. The van der Waals surface area contributed by atoms with Gasteiger partial charge in [0.05, 0.1) is 18.8 Å². The quantitative estimate of drug-likeness (QED) is 0.542. The van der Waals surface area contributed by atoms with Crippen LogP contribution in [0.5, 0.6) is 5.75 Å². The molecule has 0 aliphatic heterocycles. The highest BCUT2D eigenvalue weighted by Gasteiger charge is 2.09. The largest absolute Gasteiger partial charge is 0.434 e. The van der Waals surface area contributed by atoms with E-state index in [0.29, 0.717) is 24.6 Å². The minimum absolute atomic E-state index is 0.136. The third-order valence-electron chi connectivity index (χ3n) is 3.30. The molecule has 0 bridgehead atoms. The lowest BCUT2D eigenvalue weighted by molar-refractivity contribution is -0.0504. The number of nitrogens with one attached hydrogen (secondary N) is 2. The van der Waals surface area contributed by atoms with Crippen LogP contribution < -0.4 is 20.3 Å². The third kappa shape index (κ3) is 6.14. The van der Waals surface area contributed by atoms with E-state index in [4.69, 9.17) is 0 Å². The first-order valence-electron chi connectivity index (χ1n) is 8.16. The van der Waals surface area contributed by atoms with Gasteiger partial charge in [-0.1, -0.05) is 18.2 Å². The summed E-state index contributed by atoms with van der Waals surface area (Å²) in [6.45, 7) is 0.518. The molecule has 1 aromatic carbocycles. The Balaban J connectivity index is 2.02. The molecule has 2 aromatic rings. The highest BCUT2D eigenvalue weighted by Crippen LogP contribution is 2.21. The van der Waals surface area contributed by atoms with E-state index in [1.165, 1.54) is 6.07 Å². The van der Waals surface area contributed by atoms with Crippen molar-refractivity contribution >= 4 is 22.4 Å². The summed E-state index contributed by atoms with van der Waals surface area (Å²) >= 11 is 1.57. The average molecular weight is 383 g/mol. The molecular weight excluding hydrogens is 360 g/mol. The second-order valence-corrected chi connectivity index (χ2v) is 6.39. The molecule has 0 unspecified atom stereocenters. The van der Waals surface area contributed by atoms with E-state index in [2.05, 4.69) is 25.3 Å². The maximum Gasteiger partial charge on any atom is 0.387 e. The maximum absolute atomic E-state index is 12.5. The molecule has 0 spiro atoms. The molecule has 0 aliphatic rings. The lowest BCUT2D eigenvalue weighted by Gasteiger charge is -2.12. The fourth-order valence-electron chi connectivity index (χ4n) is 2.11. The van der Waals surface area contributed by atoms with Crippen molar-refractivity contribution in [3.63, 3.8) is 0 Å². The molecule has 0 radical (unpaired) electrons. The van der Waals surface area contributed by atoms with Crippen LogP contribution >= 0.6 is 11.3 Å². The van der Waals surface area contributed by atoms with Gasteiger partial charge in [-0.25, -0.2) is 9.98 Å². The van der Waals surface area contributed by atoms with Crippen LogP contribution in [0.3, 0.4) is 0 Å². The topological polar surface area (TPSA) is 61.8 Å². The van der Waals surface area contributed by atoms with E-state index in [-0.39, 0.29) is 12.3 Å². The number of nitrogens with zero attached hydrogens (tertiary/aromatic N) is 3. The van der Waals surface area contributed by atoms with Crippen molar-refractivity contribution in [2.24, 2.45) is 4.99 Å². The number of rotatable bonds is 8. The molecule has 0 saturated carbocycles. The van der Waals surface area contributed by atoms with Gasteiger partial charge in [-0.15, -0.1) is 11.3 Å². The van der Waals surface area contributed by atoms with E-state index >= 15 is 0 Å². The minimum atomic E-state index is -2.86. The molecule has 2 rings (SSSR count). The standard InChI is InChI=1S/C17H23F2N5OS/c1-4-20-16(22-10-13-11-26-17(23-13)24(2)3)21-9-12-7-5-6-8-14(12)25-15(18)19/h5-8,11,15H,4,9-10H2,1-3H3,(H2,20,21,22). The summed E-state index contributed by atoms with van der Waals surface area (Å²) in [5.41, 5.74) is 1.50. The molecule has 142 valence electrons. The number of ether oxygens (including phenoxy) is 1. The smallest absolute Gasteiger partial charge is 0.387 e. The van der Waals surface area contributed by atoms with Crippen molar-refractivity contribution in [1.29, 1.82) is 0 Å². The number of benzene rings is 1. The Kier molecular flexibility index (Phi) is 7.58. The first-order valence-corrected chi connectivity index (χ1v) is 9.04. The van der Waals surface area contributed by atoms with E-state index in [1.54, 1.807) is 29.5 Å². The number of guanidine groups is 1. The third-order valence-corrected chi connectivity index (χ3v) is 4.36. The molecule has 0 amide bonds. The lowest BCUT2D eigenvalue weighted by atomic mass is 10.2. The first kappa shape index (κ1) is 19.9. The van der Waals surface area contributed by atoms with Crippen LogP contribution in [0.1, 0.15) is 18.2 Å². The molecular formula is C17H23F2N5OS. The summed E-state index contributed by atoms with van der Waals surface area (Å²) in [4.78, 5) is 10.9. The Bertz CT molecular complexity index is 721.